The molecule has 0 aromatic heterocycles. The lowest BCUT2D eigenvalue weighted by atomic mass is 9.86. The Labute approximate surface area is 155 Å². The predicted octanol–water partition coefficient (Wildman–Crippen LogP) is 4.49. The lowest BCUT2D eigenvalue weighted by Crippen LogP contribution is -2.16. The molecular weight excluding hydrogens is 386 g/mol. The van der Waals surface area contributed by atoms with E-state index < -0.39 is 11.9 Å². The van der Waals surface area contributed by atoms with Crippen LogP contribution in [0.1, 0.15) is 47.1 Å². The average molecular weight is 406 g/mol. The number of carbonyl (C=O) groups excluding carboxylic acids is 2. The highest BCUT2D eigenvalue weighted by Gasteiger charge is 2.19. The molecule has 0 aliphatic rings. The van der Waals surface area contributed by atoms with Crippen molar-refractivity contribution in [1.29, 1.82) is 0 Å². The molecule has 0 unspecified atom stereocenters. The minimum Gasteiger partial charge on any atom is -0.507 e. The average Bonchev–Trinajstić information content (AvgIpc) is 2.55. The molecule has 0 spiro atoms. The van der Waals surface area contributed by atoms with Crippen molar-refractivity contribution >= 4 is 33.5 Å². The molecule has 0 atom stereocenters. The van der Waals surface area contributed by atoms with Crippen LogP contribution in [0.5, 0.6) is 5.75 Å². The SMILES string of the molecule is COC(=O)c1ccc(NC(=O)c2cc(C(C)(C)C)ccc2O)c(Br)c1. The Balaban J connectivity index is 2.30. The monoisotopic (exact) mass is 405 g/mol. The summed E-state index contributed by atoms with van der Waals surface area (Å²) in [6, 6.07) is 9.71. The molecule has 5 nitrogen and oxygen atoms in total. The van der Waals surface area contributed by atoms with Crippen LogP contribution in [0.2, 0.25) is 0 Å². The summed E-state index contributed by atoms with van der Waals surface area (Å²) in [6.45, 7) is 6.09. The van der Waals surface area contributed by atoms with Crippen molar-refractivity contribution in [3.05, 3.63) is 57.6 Å². The zero-order chi connectivity index (χ0) is 18.8. The fraction of sp³-hybridized carbons (Fsp3) is 0.263. The van der Waals surface area contributed by atoms with E-state index in [-0.39, 0.29) is 16.7 Å². The maximum absolute atomic E-state index is 12.6. The smallest absolute Gasteiger partial charge is 0.337 e. The van der Waals surface area contributed by atoms with Crippen LogP contribution in [0.15, 0.2) is 40.9 Å². The van der Waals surface area contributed by atoms with Gasteiger partial charge < -0.3 is 15.2 Å². The summed E-state index contributed by atoms with van der Waals surface area (Å²) in [5.41, 5.74) is 1.83. The van der Waals surface area contributed by atoms with E-state index in [9.17, 15) is 14.7 Å². The first-order valence-corrected chi connectivity index (χ1v) is 8.45. The van der Waals surface area contributed by atoms with Crippen molar-refractivity contribution in [1.82, 2.24) is 0 Å². The van der Waals surface area contributed by atoms with E-state index in [1.807, 2.05) is 20.8 Å². The fourth-order valence-corrected chi connectivity index (χ4v) is 2.71. The number of nitrogens with one attached hydrogen (secondary N) is 1. The lowest BCUT2D eigenvalue weighted by Gasteiger charge is -2.20. The minimum atomic E-state index is -0.464. The molecule has 6 heteroatoms. The molecule has 0 saturated carbocycles. The maximum atomic E-state index is 12.6. The van der Waals surface area contributed by atoms with Crippen LogP contribution >= 0.6 is 15.9 Å². The molecule has 0 aliphatic carbocycles. The Hall–Kier alpha value is -2.34. The maximum Gasteiger partial charge on any atom is 0.337 e. The van der Waals surface area contributed by atoms with Crippen molar-refractivity contribution in [2.75, 3.05) is 12.4 Å². The first-order chi connectivity index (χ1) is 11.6. The van der Waals surface area contributed by atoms with Crippen molar-refractivity contribution in [3.8, 4) is 5.75 Å². The van der Waals surface area contributed by atoms with Gasteiger partial charge in [-0.05, 0) is 57.2 Å². The van der Waals surface area contributed by atoms with Crippen molar-refractivity contribution < 1.29 is 19.4 Å². The van der Waals surface area contributed by atoms with Crippen molar-refractivity contribution in [2.24, 2.45) is 0 Å². The number of ether oxygens (including phenoxy) is 1. The van der Waals surface area contributed by atoms with Crippen molar-refractivity contribution in [3.63, 3.8) is 0 Å². The molecule has 2 aromatic carbocycles. The van der Waals surface area contributed by atoms with E-state index >= 15 is 0 Å². The Morgan fingerprint density at radius 2 is 1.80 bits per heavy atom. The van der Waals surface area contributed by atoms with Gasteiger partial charge in [0.25, 0.3) is 5.91 Å². The quantitative estimate of drug-likeness (QED) is 0.737. The summed E-state index contributed by atoms with van der Waals surface area (Å²) in [7, 11) is 1.30. The molecule has 25 heavy (non-hydrogen) atoms. The van der Waals surface area contributed by atoms with Gasteiger partial charge in [-0.15, -0.1) is 0 Å². The molecule has 2 N–H and O–H groups in total. The highest BCUT2D eigenvalue weighted by molar-refractivity contribution is 9.10. The number of benzene rings is 2. The second-order valence-electron chi connectivity index (χ2n) is 6.62. The third-order valence-corrected chi connectivity index (χ3v) is 4.40. The highest BCUT2D eigenvalue weighted by atomic mass is 79.9. The Bertz CT molecular complexity index is 825. The normalized spacial score (nSPS) is 11.1. The molecule has 0 fully saturated rings. The molecule has 0 radical (unpaired) electrons. The third kappa shape index (κ3) is 4.39. The van der Waals surface area contributed by atoms with Crippen LogP contribution in [0.4, 0.5) is 5.69 Å². The van der Waals surface area contributed by atoms with Gasteiger partial charge in [-0.3, -0.25) is 4.79 Å². The minimum absolute atomic E-state index is 0.0900. The highest BCUT2D eigenvalue weighted by Crippen LogP contribution is 2.29. The van der Waals surface area contributed by atoms with Crippen LogP contribution in [0, 0.1) is 0 Å². The molecular formula is C19H20BrNO4. The number of rotatable bonds is 3. The van der Waals surface area contributed by atoms with Gasteiger partial charge in [0.05, 0.1) is 23.9 Å². The number of halogens is 1. The van der Waals surface area contributed by atoms with E-state index in [2.05, 4.69) is 26.0 Å². The van der Waals surface area contributed by atoms with E-state index in [1.165, 1.54) is 13.2 Å². The molecule has 0 saturated heterocycles. The molecule has 132 valence electrons. The summed E-state index contributed by atoms with van der Waals surface area (Å²) in [5.74, 6) is -0.989. The largest absolute Gasteiger partial charge is 0.507 e. The van der Waals surface area contributed by atoms with Gasteiger partial charge in [0.15, 0.2) is 0 Å². The molecule has 2 aromatic rings. The number of phenolic OH excluding ortho intramolecular Hbond substituents is 1. The van der Waals surface area contributed by atoms with Gasteiger partial charge in [-0.2, -0.15) is 0 Å². The summed E-state index contributed by atoms with van der Waals surface area (Å²) in [4.78, 5) is 24.1. The van der Waals surface area contributed by atoms with Crippen LogP contribution in [-0.4, -0.2) is 24.1 Å². The fourth-order valence-electron chi connectivity index (χ4n) is 2.24. The Morgan fingerprint density at radius 3 is 2.36 bits per heavy atom. The van der Waals surface area contributed by atoms with Gasteiger partial charge in [0, 0.05) is 4.47 Å². The van der Waals surface area contributed by atoms with Gasteiger partial charge in [0.1, 0.15) is 5.75 Å². The zero-order valence-electron chi connectivity index (χ0n) is 14.5. The van der Waals surface area contributed by atoms with E-state index in [1.54, 1.807) is 30.3 Å². The van der Waals surface area contributed by atoms with Crippen LogP contribution in [0.3, 0.4) is 0 Å². The zero-order valence-corrected chi connectivity index (χ0v) is 16.1. The first-order valence-electron chi connectivity index (χ1n) is 7.66. The van der Waals surface area contributed by atoms with E-state index in [0.29, 0.717) is 15.7 Å². The molecule has 1 amide bonds. The number of hydrogen-bond donors (Lipinski definition) is 2. The number of amides is 1. The van der Waals surface area contributed by atoms with Crippen molar-refractivity contribution in [2.45, 2.75) is 26.2 Å². The third-order valence-electron chi connectivity index (χ3n) is 3.75. The molecule has 0 heterocycles. The van der Waals surface area contributed by atoms with Crippen LogP contribution in [-0.2, 0) is 10.2 Å². The topological polar surface area (TPSA) is 75.6 Å². The van der Waals surface area contributed by atoms with Gasteiger partial charge in [-0.1, -0.05) is 26.8 Å². The number of aromatic hydroxyl groups is 1. The van der Waals surface area contributed by atoms with E-state index in [0.717, 1.165) is 5.56 Å². The number of methoxy groups -OCH3 is 1. The van der Waals surface area contributed by atoms with Gasteiger partial charge >= 0.3 is 5.97 Å². The van der Waals surface area contributed by atoms with Gasteiger partial charge in [-0.25, -0.2) is 4.79 Å². The standard InChI is InChI=1S/C19H20BrNO4/c1-19(2,3)12-6-8-16(22)13(10-12)17(23)21-15-7-5-11(9-14(15)20)18(24)25-4/h5-10,22H,1-4H3,(H,21,23). The second-order valence-corrected chi connectivity index (χ2v) is 7.48. The summed E-state index contributed by atoms with van der Waals surface area (Å²) >= 11 is 3.33. The van der Waals surface area contributed by atoms with E-state index in [4.69, 9.17) is 0 Å². The van der Waals surface area contributed by atoms with Crippen LogP contribution < -0.4 is 5.32 Å². The predicted molar refractivity (Wildman–Crippen MR) is 100 cm³/mol. The Morgan fingerprint density at radius 1 is 1.12 bits per heavy atom. The molecule has 0 aliphatic heterocycles. The molecule has 2 rings (SSSR count). The summed E-state index contributed by atoms with van der Waals surface area (Å²) in [5, 5.41) is 12.8. The first kappa shape index (κ1) is 19.0. The number of carbonyl (C=O) groups is 2. The number of hydrogen-bond acceptors (Lipinski definition) is 4. The van der Waals surface area contributed by atoms with Gasteiger partial charge in [0.2, 0.25) is 0 Å². The van der Waals surface area contributed by atoms with Crippen LogP contribution in [0.25, 0.3) is 0 Å². The number of esters is 1. The summed E-state index contributed by atoms with van der Waals surface area (Å²) < 4.78 is 5.20. The number of anilines is 1. The molecule has 0 bridgehead atoms. The Kier molecular flexibility index (Phi) is 5.52. The lowest BCUT2D eigenvalue weighted by molar-refractivity contribution is 0.0600. The second kappa shape index (κ2) is 7.27. The number of phenols is 1. The summed E-state index contributed by atoms with van der Waals surface area (Å²) in [6.07, 6.45) is 0.